The number of nitrogens with zero attached hydrogens (tertiary/aromatic N) is 2. The van der Waals surface area contributed by atoms with E-state index in [0.717, 1.165) is 29.9 Å². The monoisotopic (exact) mass is 446 g/mol. The van der Waals surface area contributed by atoms with E-state index in [-0.39, 0.29) is 11.4 Å². The minimum atomic E-state index is -0.703. The predicted octanol–water partition coefficient (Wildman–Crippen LogP) is 5.69. The molecule has 0 saturated heterocycles. The minimum absolute atomic E-state index is 0.119. The Labute approximate surface area is 192 Å². The molecule has 2 heterocycles. The first-order chi connectivity index (χ1) is 15.5. The summed E-state index contributed by atoms with van der Waals surface area (Å²) >= 11 is 1.30. The highest BCUT2D eigenvalue weighted by Gasteiger charge is 2.44. The Balaban J connectivity index is 1.82. The summed E-state index contributed by atoms with van der Waals surface area (Å²) in [6, 6.07) is 18.2. The van der Waals surface area contributed by atoms with E-state index in [1.807, 2.05) is 60.8 Å². The van der Waals surface area contributed by atoms with Crippen molar-refractivity contribution in [2.24, 2.45) is 0 Å². The molecule has 1 aromatic heterocycles. The Morgan fingerprint density at radius 3 is 2.25 bits per heavy atom. The number of hydrogen-bond acceptors (Lipinski definition) is 5. The molecule has 0 spiro atoms. The predicted molar refractivity (Wildman–Crippen MR) is 130 cm³/mol. The van der Waals surface area contributed by atoms with Gasteiger partial charge < -0.3 is 10.0 Å². The van der Waals surface area contributed by atoms with Crippen LogP contribution in [-0.4, -0.2) is 29.9 Å². The molecule has 0 aliphatic carbocycles. The molecule has 1 amide bonds. The summed E-state index contributed by atoms with van der Waals surface area (Å²) in [5, 5.41) is 12.6. The highest BCUT2D eigenvalue weighted by Crippen LogP contribution is 2.42. The van der Waals surface area contributed by atoms with Crippen LogP contribution in [0.15, 0.2) is 77.4 Å². The summed E-state index contributed by atoms with van der Waals surface area (Å²) < 4.78 is 0. The van der Waals surface area contributed by atoms with Crippen LogP contribution in [0, 0.1) is 6.92 Å². The molecular weight excluding hydrogens is 420 g/mol. The van der Waals surface area contributed by atoms with Crippen molar-refractivity contribution in [2.45, 2.75) is 26.8 Å². The van der Waals surface area contributed by atoms with E-state index in [1.165, 1.54) is 16.2 Å². The van der Waals surface area contributed by atoms with Crippen molar-refractivity contribution in [3.63, 3.8) is 0 Å². The van der Waals surface area contributed by atoms with Gasteiger partial charge in [-0.25, -0.2) is 0 Å². The molecule has 1 aliphatic rings. The molecule has 0 radical (unpaired) electrons. The lowest BCUT2D eigenvalue weighted by Crippen LogP contribution is -2.31. The molecule has 0 bridgehead atoms. The third-order valence-electron chi connectivity index (χ3n) is 5.85. The van der Waals surface area contributed by atoms with E-state index < -0.39 is 17.7 Å². The lowest BCUT2D eigenvalue weighted by atomic mass is 9.95. The first-order valence-corrected chi connectivity index (χ1v) is 11.6. The largest absolute Gasteiger partial charge is 0.503 e. The van der Waals surface area contributed by atoms with E-state index in [2.05, 4.69) is 18.7 Å². The normalized spacial score (nSPS) is 16.0. The molecule has 4 rings (SSSR count). The lowest BCUT2D eigenvalue weighted by molar-refractivity contribution is -0.117. The van der Waals surface area contributed by atoms with E-state index in [0.29, 0.717) is 10.6 Å². The Morgan fingerprint density at radius 1 is 1.03 bits per heavy atom. The molecule has 5 nitrogen and oxygen atoms in total. The van der Waals surface area contributed by atoms with E-state index in [9.17, 15) is 14.7 Å². The Morgan fingerprint density at radius 2 is 1.69 bits per heavy atom. The SMILES string of the molecule is CCN(CC)c1ccc(C2C(C(=O)c3cccs3)=C(O)C(=O)N2c2ccc(C)cc2)cc1. The highest BCUT2D eigenvalue weighted by molar-refractivity contribution is 7.12. The number of aliphatic hydroxyl groups is 1. The smallest absolute Gasteiger partial charge is 0.294 e. The van der Waals surface area contributed by atoms with Gasteiger partial charge >= 0.3 is 0 Å². The topological polar surface area (TPSA) is 60.9 Å². The van der Waals surface area contributed by atoms with Crippen molar-refractivity contribution in [2.75, 3.05) is 22.9 Å². The van der Waals surface area contributed by atoms with Crippen LogP contribution in [0.1, 0.15) is 40.7 Å². The van der Waals surface area contributed by atoms with Crippen LogP contribution < -0.4 is 9.80 Å². The maximum Gasteiger partial charge on any atom is 0.294 e. The van der Waals surface area contributed by atoms with Gasteiger partial charge in [-0.05, 0) is 62.0 Å². The third-order valence-corrected chi connectivity index (χ3v) is 6.72. The number of thiophene rings is 1. The summed E-state index contributed by atoms with van der Waals surface area (Å²) in [7, 11) is 0. The lowest BCUT2D eigenvalue weighted by Gasteiger charge is -2.28. The molecule has 3 aromatic rings. The van der Waals surface area contributed by atoms with E-state index in [1.54, 1.807) is 12.1 Å². The minimum Gasteiger partial charge on any atom is -0.503 e. The summed E-state index contributed by atoms with van der Waals surface area (Å²) in [4.78, 5) is 30.8. The molecule has 1 atom stereocenters. The van der Waals surface area contributed by atoms with Crippen molar-refractivity contribution < 1.29 is 14.7 Å². The van der Waals surface area contributed by atoms with Gasteiger partial charge in [0.1, 0.15) is 0 Å². The quantitative estimate of drug-likeness (QED) is 0.474. The van der Waals surface area contributed by atoms with Crippen LogP contribution in [-0.2, 0) is 4.79 Å². The second kappa shape index (κ2) is 9.01. The van der Waals surface area contributed by atoms with Gasteiger partial charge in [0.2, 0.25) is 5.78 Å². The zero-order valence-corrected chi connectivity index (χ0v) is 19.2. The molecular formula is C26H26N2O3S. The summed E-state index contributed by atoms with van der Waals surface area (Å²) in [6.07, 6.45) is 0. The van der Waals surface area contributed by atoms with Crippen molar-refractivity contribution >= 4 is 34.4 Å². The molecule has 164 valence electrons. The Hall–Kier alpha value is -3.38. The van der Waals surface area contributed by atoms with Crippen LogP contribution in [0.2, 0.25) is 0 Å². The fourth-order valence-electron chi connectivity index (χ4n) is 4.12. The zero-order valence-electron chi connectivity index (χ0n) is 18.4. The standard InChI is InChI=1S/C26H26N2O3S/c1-4-27(5-2)19-14-10-18(11-15-19)23-22(24(29)21-7-6-16-32-21)25(30)26(31)28(23)20-12-8-17(3)9-13-20/h6-16,23,30H,4-5H2,1-3H3. The highest BCUT2D eigenvalue weighted by atomic mass is 32.1. The number of amides is 1. The maximum absolute atomic E-state index is 13.4. The average molecular weight is 447 g/mol. The Bertz CT molecular complexity index is 1140. The van der Waals surface area contributed by atoms with E-state index >= 15 is 0 Å². The van der Waals surface area contributed by atoms with E-state index in [4.69, 9.17) is 0 Å². The number of hydrogen-bond donors (Lipinski definition) is 1. The van der Waals surface area contributed by atoms with Gasteiger partial charge in [0.25, 0.3) is 5.91 Å². The van der Waals surface area contributed by atoms with Gasteiger partial charge in [-0.15, -0.1) is 11.3 Å². The van der Waals surface area contributed by atoms with Crippen LogP contribution in [0.4, 0.5) is 11.4 Å². The zero-order chi connectivity index (χ0) is 22.8. The fourth-order valence-corrected chi connectivity index (χ4v) is 4.80. The van der Waals surface area contributed by atoms with Gasteiger partial charge in [-0.2, -0.15) is 0 Å². The first kappa shape index (κ1) is 21.8. The second-order valence-electron chi connectivity index (χ2n) is 7.75. The third kappa shape index (κ3) is 3.82. The summed E-state index contributed by atoms with van der Waals surface area (Å²) in [5.74, 6) is -1.37. The number of anilines is 2. The molecule has 2 aromatic carbocycles. The number of aryl methyl sites for hydroxylation is 1. The number of carbonyl (C=O) groups is 2. The molecule has 0 saturated carbocycles. The summed E-state index contributed by atoms with van der Waals surface area (Å²) in [6.45, 7) is 7.95. The number of rotatable bonds is 7. The molecule has 6 heteroatoms. The Kier molecular flexibility index (Phi) is 6.15. The molecule has 32 heavy (non-hydrogen) atoms. The van der Waals surface area contributed by atoms with Crippen LogP contribution in [0.3, 0.4) is 0 Å². The van der Waals surface area contributed by atoms with Crippen molar-refractivity contribution in [3.8, 4) is 0 Å². The maximum atomic E-state index is 13.4. The van der Waals surface area contributed by atoms with Gasteiger partial charge in [0.05, 0.1) is 16.5 Å². The van der Waals surface area contributed by atoms with Crippen molar-refractivity contribution in [3.05, 3.63) is 93.4 Å². The molecule has 1 unspecified atom stereocenters. The second-order valence-corrected chi connectivity index (χ2v) is 8.69. The molecule has 0 fully saturated rings. The van der Waals surface area contributed by atoms with Crippen LogP contribution in [0.5, 0.6) is 0 Å². The number of Topliss-reactive ketones (excluding diaryl/α,β-unsaturated/α-hetero) is 1. The summed E-state index contributed by atoms with van der Waals surface area (Å²) in [5.41, 5.74) is 3.67. The van der Waals surface area contributed by atoms with Crippen molar-refractivity contribution in [1.82, 2.24) is 0 Å². The van der Waals surface area contributed by atoms with Gasteiger partial charge in [-0.3, -0.25) is 14.5 Å². The molecule has 1 N–H and O–H groups in total. The van der Waals surface area contributed by atoms with Crippen molar-refractivity contribution in [1.29, 1.82) is 0 Å². The number of aliphatic hydroxyl groups excluding tert-OH is 1. The number of ketones is 1. The average Bonchev–Trinajstić information content (AvgIpc) is 3.43. The van der Waals surface area contributed by atoms with Crippen LogP contribution in [0.25, 0.3) is 0 Å². The number of carbonyl (C=O) groups excluding carboxylic acids is 2. The molecule has 1 aliphatic heterocycles. The fraction of sp³-hybridized carbons (Fsp3) is 0.231. The van der Waals surface area contributed by atoms with Gasteiger partial charge in [-0.1, -0.05) is 35.9 Å². The number of benzene rings is 2. The van der Waals surface area contributed by atoms with Crippen LogP contribution >= 0.6 is 11.3 Å². The van der Waals surface area contributed by atoms with Gasteiger partial charge in [0, 0.05) is 24.5 Å². The van der Waals surface area contributed by atoms with Gasteiger partial charge in [0.15, 0.2) is 5.76 Å². The first-order valence-electron chi connectivity index (χ1n) is 10.7.